The molecule has 0 aliphatic carbocycles. The van der Waals surface area contributed by atoms with Crippen molar-refractivity contribution in [3.05, 3.63) is 45.2 Å². The summed E-state index contributed by atoms with van der Waals surface area (Å²) >= 11 is 0. The summed E-state index contributed by atoms with van der Waals surface area (Å²) in [4.78, 5) is 23.2. The van der Waals surface area contributed by atoms with Crippen molar-refractivity contribution in [3.8, 4) is 0 Å². The van der Waals surface area contributed by atoms with Crippen LogP contribution in [0.3, 0.4) is 0 Å². The SMILES string of the molecule is CCn1cc(C(=O)O)c(=O)c2ccc(C)c(C)c21. The van der Waals surface area contributed by atoms with Gasteiger partial charge in [0.1, 0.15) is 5.56 Å². The molecule has 4 nitrogen and oxygen atoms in total. The number of rotatable bonds is 2. The van der Waals surface area contributed by atoms with Crippen molar-refractivity contribution in [1.29, 1.82) is 0 Å². The topological polar surface area (TPSA) is 59.3 Å². The second-order valence-corrected chi connectivity index (χ2v) is 4.37. The Morgan fingerprint density at radius 2 is 2.00 bits per heavy atom. The average Bonchev–Trinajstić information content (AvgIpc) is 2.34. The molecule has 0 saturated heterocycles. The third-order valence-corrected chi connectivity index (χ3v) is 3.33. The standard InChI is InChI=1S/C14H15NO3/c1-4-15-7-11(14(17)18)13(16)10-6-5-8(2)9(3)12(10)15/h5-7H,4H2,1-3H3,(H,17,18). The number of pyridine rings is 1. The van der Waals surface area contributed by atoms with E-state index in [-0.39, 0.29) is 5.56 Å². The van der Waals surface area contributed by atoms with E-state index >= 15 is 0 Å². The first-order valence-corrected chi connectivity index (χ1v) is 5.84. The highest BCUT2D eigenvalue weighted by Gasteiger charge is 2.15. The average molecular weight is 245 g/mol. The molecular weight excluding hydrogens is 230 g/mol. The van der Waals surface area contributed by atoms with Crippen LogP contribution in [0.15, 0.2) is 23.1 Å². The van der Waals surface area contributed by atoms with Crippen molar-refractivity contribution < 1.29 is 9.90 Å². The van der Waals surface area contributed by atoms with Gasteiger partial charge in [0, 0.05) is 18.1 Å². The predicted molar refractivity (Wildman–Crippen MR) is 70.3 cm³/mol. The molecule has 1 aromatic heterocycles. The molecule has 4 heteroatoms. The van der Waals surface area contributed by atoms with E-state index in [1.165, 1.54) is 6.20 Å². The Hall–Kier alpha value is -2.10. The number of fused-ring (bicyclic) bond motifs is 1. The Bertz CT molecular complexity index is 698. The van der Waals surface area contributed by atoms with E-state index in [1.807, 2.05) is 31.4 Å². The second-order valence-electron chi connectivity index (χ2n) is 4.37. The highest BCUT2D eigenvalue weighted by molar-refractivity contribution is 5.93. The maximum atomic E-state index is 12.1. The van der Waals surface area contributed by atoms with Crippen molar-refractivity contribution in [3.63, 3.8) is 0 Å². The molecule has 2 aromatic rings. The zero-order chi connectivity index (χ0) is 13.4. The molecular formula is C14H15NO3. The molecule has 94 valence electrons. The van der Waals surface area contributed by atoms with E-state index in [0.717, 1.165) is 16.6 Å². The number of carbonyl (C=O) groups is 1. The fourth-order valence-electron chi connectivity index (χ4n) is 2.18. The highest BCUT2D eigenvalue weighted by atomic mass is 16.4. The predicted octanol–water partition coefficient (Wildman–Crippen LogP) is 2.34. The quantitative estimate of drug-likeness (QED) is 0.883. The summed E-state index contributed by atoms with van der Waals surface area (Å²) in [5, 5.41) is 9.53. The first kappa shape index (κ1) is 12.4. The van der Waals surface area contributed by atoms with Crippen molar-refractivity contribution in [2.45, 2.75) is 27.3 Å². The molecule has 1 heterocycles. The second kappa shape index (κ2) is 4.29. The normalized spacial score (nSPS) is 10.8. The summed E-state index contributed by atoms with van der Waals surface area (Å²) in [5.41, 5.74) is 2.35. The fraction of sp³-hybridized carbons (Fsp3) is 0.286. The number of aryl methyl sites for hydroxylation is 3. The fourth-order valence-corrected chi connectivity index (χ4v) is 2.18. The van der Waals surface area contributed by atoms with Gasteiger partial charge in [-0.2, -0.15) is 0 Å². The molecule has 0 atom stereocenters. The van der Waals surface area contributed by atoms with Crippen molar-refractivity contribution in [2.24, 2.45) is 0 Å². The van der Waals surface area contributed by atoms with Crippen LogP contribution >= 0.6 is 0 Å². The summed E-state index contributed by atoms with van der Waals surface area (Å²) in [6.45, 7) is 6.48. The third kappa shape index (κ3) is 1.70. The van der Waals surface area contributed by atoms with E-state index in [0.29, 0.717) is 11.9 Å². The Labute approximate surface area is 104 Å². The first-order chi connectivity index (χ1) is 8.47. The van der Waals surface area contributed by atoms with Crippen LogP contribution in [0.5, 0.6) is 0 Å². The van der Waals surface area contributed by atoms with Gasteiger partial charge in [-0.25, -0.2) is 4.79 Å². The van der Waals surface area contributed by atoms with Gasteiger partial charge in [-0.05, 0) is 38.0 Å². The summed E-state index contributed by atoms with van der Waals surface area (Å²) in [7, 11) is 0. The van der Waals surface area contributed by atoms with E-state index < -0.39 is 11.4 Å². The molecule has 0 saturated carbocycles. The molecule has 0 radical (unpaired) electrons. The molecule has 1 N–H and O–H groups in total. The van der Waals surface area contributed by atoms with Gasteiger partial charge in [0.15, 0.2) is 0 Å². The minimum absolute atomic E-state index is 0.174. The smallest absolute Gasteiger partial charge is 0.341 e. The van der Waals surface area contributed by atoms with Crippen molar-refractivity contribution in [2.75, 3.05) is 0 Å². The van der Waals surface area contributed by atoms with Gasteiger partial charge in [-0.1, -0.05) is 6.07 Å². The number of aromatic nitrogens is 1. The van der Waals surface area contributed by atoms with Crippen LogP contribution in [0.2, 0.25) is 0 Å². The zero-order valence-electron chi connectivity index (χ0n) is 10.7. The van der Waals surface area contributed by atoms with Crippen LogP contribution in [0.25, 0.3) is 10.9 Å². The Balaban J connectivity index is 3.03. The Morgan fingerprint density at radius 3 is 2.56 bits per heavy atom. The molecule has 0 amide bonds. The summed E-state index contributed by atoms with van der Waals surface area (Å²) in [6.07, 6.45) is 1.43. The number of aromatic carboxylic acids is 1. The molecule has 1 aromatic carbocycles. The van der Waals surface area contributed by atoms with Crippen LogP contribution in [-0.4, -0.2) is 15.6 Å². The largest absolute Gasteiger partial charge is 0.477 e. The number of carboxylic acids is 1. The van der Waals surface area contributed by atoms with Gasteiger partial charge in [0.2, 0.25) is 5.43 Å². The summed E-state index contributed by atoms with van der Waals surface area (Å²) < 4.78 is 1.82. The number of benzene rings is 1. The van der Waals surface area contributed by atoms with Gasteiger partial charge in [0.25, 0.3) is 0 Å². The summed E-state index contributed by atoms with van der Waals surface area (Å²) in [5.74, 6) is -1.18. The lowest BCUT2D eigenvalue weighted by Crippen LogP contribution is -2.19. The lowest BCUT2D eigenvalue weighted by molar-refractivity contribution is 0.0695. The lowest BCUT2D eigenvalue weighted by atomic mass is 10.0. The molecule has 2 rings (SSSR count). The molecule has 0 aliphatic rings. The van der Waals surface area contributed by atoms with E-state index in [9.17, 15) is 9.59 Å². The van der Waals surface area contributed by atoms with Crippen LogP contribution in [0.4, 0.5) is 0 Å². The molecule has 0 unspecified atom stereocenters. The Morgan fingerprint density at radius 1 is 1.33 bits per heavy atom. The van der Waals surface area contributed by atoms with E-state index in [1.54, 1.807) is 6.07 Å². The zero-order valence-corrected chi connectivity index (χ0v) is 10.7. The summed E-state index contributed by atoms with van der Waals surface area (Å²) in [6, 6.07) is 3.56. The van der Waals surface area contributed by atoms with E-state index in [2.05, 4.69) is 0 Å². The van der Waals surface area contributed by atoms with Crippen molar-refractivity contribution in [1.82, 2.24) is 4.57 Å². The van der Waals surface area contributed by atoms with E-state index in [4.69, 9.17) is 5.11 Å². The van der Waals surface area contributed by atoms with Gasteiger partial charge >= 0.3 is 5.97 Å². The maximum Gasteiger partial charge on any atom is 0.341 e. The van der Waals surface area contributed by atoms with Gasteiger partial charge in [0.05, 0.1) is 5.52 Å². The monoisotopic (exact) mass is 245 g/mol. The maximum absolute atomic E-state index is 12.1. The molecule has 18 heavy (non-hydrogen) atoms. The number of nitrogens with zero attached hydrogens (tertiary/aromatic N) is 1. The number of carboxylic acid groups (broad SMARTS) is 1. The van der Waals surface area contributed by atoms with Gasteiger partial charge in [-0.15, -0.1) is 0 Å². The minimum Gasteiger partial charge on any atom is -0.477 e. The van der Waals surface area contributed by atoms with Crippen LogP contribution in [0, 0.1) is 13.8 Å². The first-order valence-electron chi connectivity index (χ1n) is 5.84. The van der Waals surface area contributed by atoms with Gasteiger partial charge < -0.3 is 9.67 Å². The van der Waals surface area contributed by atoms with Crippen LogP contribution < -0.4 is 5.43 Å². The molecule has 0 bridgehead atoms. The lowest BCUT2D eigenvalue weighted by Gasteiger charge is -2.13. The van der Waals surface area contributed by atoms with Crippen LogP contribution in [0.1, 0.15) is 28.4 Å². The van der Waals surface area contributed by atoms with Crippen molar-refractivity contribution >= 4 is 16.9 Å². The third-order valence-electron chi connectivity index (χ3n) is 3.33. The number of hydrogen-bond donors (Lipinski definition) is 1. The number of hydrogen-bond acceptors (Lipinski definition) is 2. The molecule has 0 fully saturated rings. The molecule has 0 spiro atoms. The highest BCUT2D eigenvalue weighted by Crippen LogP contribution is 2.20. The Kier molecular flexibility index (Phi) is 2.95. The molecule has 0 aliphatic heterocycles. The van der Waals surface area contributed by atoms with Crippen LogP contribution in [-0.2, 0) is 6.54 Å². The van der Waals surface area contributed by atoms with Gasteiger partial charge in [-0.3, -0.25) is 4.79 Å². The minimum atomic E-state index is -1.18.